The summed E-state index contributed by atoms with van der Waals surface area (Å²) in [6.45, 7) is 2.68. The lowest BCUT2D eigenvalue weighted by molar-refractivity contribution is -0.161. The van der Waals surface area contributed by atoms with Crippen LogP contribution in [0, 0.1) is 0 Å². The van der Waals surface area contributed by atoms with E-state index in [0.717, 1.165) is 38.5 Å². The summed E-state index contributed by atoms with van der Waals surface area (Å²) in [5, 5.41) is 8.86. The van der Waals surface area contributed by atoms with Crippen LogP contribution >= 0.6 is 7.82 Å². The zero-order chi connectivity index (χ0) is 39.0. The molecular weight excluding hydrogens is 701 g/mol. The molecule has 0 aromatic rings. The Kier molecular flexibility index (Phi) is 29.4. The van der Waals surface area contributed by atoms with Crippen molar-refractivity contribution in [1.82, 2.24) is 0 Å². The lowest BCUT2D eigenvalue weighted by Gasteiger charge is -2.20. The Hall–Kier alpha value is -2.34. The summed E-state index contributed by atoms with van der Waals surface area (Å²) in [5.41, 5.74) is 5.31. The van der Waals surface area contributed by atoms with Gasteiger partial charge in [0, 0.05) is 12.8 Å². The second-order valence-corrected chi connectivity index (χ2v) is 15.3. The summed E-state index contributed by atoms with van der Waals surface area (Å²) >= 11 is 0. The number of unbranched alkanes of at least 4 members (excludes halogenated alkanes) is 13. The number of rotatable bonds is 36. The van der Waals surface area contributed by atoms with Crippen molar-refractivity contribution < 1.29 is 52.2 Å². The maximum atomic E-state index is 12.6. The number of carbonyl (C=O) groups is 3. The van der Waals surface area contributed by atoms with E-state index < -0.39 is 51.1 Å². The van der Waals surface area contributed by atoms with Crippen LogP contribution in [0.3, 0.4) is 0 Å². The standard InChI is InChI=1S/C40H70NO11P/c1-3-5-7-8-9-10-11-15-18-21-25-29-38(42)48-31-34(32-49-53(46,47)50-33-35(41)40(44)45)51-39(43)30-26-22-19-16-13-12-14-17-20-24-28-37-36(52-37)27-23-6-4-2/h12,14,16,19-20,24,34-37H,3-11,13,15,17-18,21-23,25-33,41H2,1-2H3,(H,44,45)(H,46,47)/b14-12-,19-16-,24-20-/t34-,35+,36?,37?/m1/s1. The van der Waals surface area contributed by atoms with Gasteiger partial charge in [-0.3, -0.25) is 23.4 Å². The van der Waals surface area contributed by atoms with Crippen molar-refractivity contribution in [2.75, 3.05) is 19.8 Å². The van der Waals surface area contributed by atoms with Crippen LogP contribution in [0.1, 0.15) is 155 Å². The number of carboxylic acids is 1. The number of esters is 2. The number of phosphoric acid groups is 1. The van der Waals surface area contributed by atoms with Gasteiger partial charge < -0.3 is 29.9 Å². The molecule has 0 aromatic heterocycles. The summed E-state index contributed by atoms with van der Waals surface area (Å²) in [7, 11) is -4.73. The maximum absolute atomic E-state index is 12.6. The normalized spacial score (nSPS) is 18.0. The molecule has 1 heterocycles. The van der Waals surface area contributed by atoms with E-state index in [-0.39, 0.29) is 19.4 Å². The molecule has 1 aliphatic heterocycles. The topological polar surface area (TPSA) is 184 Å². The number of hydrogen-bond acceptors (Lipinski definition) is 10. The minimum atomic E-state index is -4.73. The zero-order valence-electron chi connectivity index (χ0n) is 32.5. The van der Waals surface area contributed by atoms with Gasteiger partial charge in [-0.05, 0) is 44.9 Å². The van der Waals surface area contributed by atoms with Gasteiger partial charge in [0.2, 0.25) is 0 Å². The molecule has 4 N–H and O–H groups in total. The molecule has 0 aromatic carbocycles. The first-order valence-electron chi connectivity index (χ1n) is 20.1. The van der Waals surface area contributed by atoms with Crippen molar-refractivity contribution in [3.63, 3.8) is 0 Å². The minimum Gasteiger partial charge on any atom is -0.480 e. The second-order valence-electron chi connectivity index (χ2n) is 13.8. The molecule has 5 atom stereocenters. The van der Waals surface area contributed by atoms with Gasteiger partial charge in [-0.25, -0.2) is 4.57 Å². The van der Waals surface area contributed by atoms with Crippen LogP contribution in [0.25, 0.3) is 0 Å². The highest BCUT2D eigenvalue weighted by molar-refractivity contribution is 7.47. The number of carbonyl (C=O) groups excluding carboxylic acids is 2. The maximum Gasteiger partial charge on any atom is 0.472 e. The van der Waals surface area contributed by atoms with Crippen molar-refractivity contribution in [3.8, 4) is 0 Å². The number of aliphatic carboxylic acids is 1. The molecule has 53 heavy (non-hydrogen) atoms. The Morgan fingerprint density at radius 3 is 1.89 bits per heavy atom. The summed E-state index contributed by atoms with van der Waals surface area (Å²) in [5.74, 6) is -2.46. The van der Waals surface area contributed by atoms with Gasteiger partial charge in [0.25, 0.3) is 0 Å². The van der Waals surface area contributed by atoms with Crippen LogP contribution in [-0.4, -0.2) is 72.1 Å². The summed E-state index contributed by atoms with van der Waals surface area (Å²) in [6, 6.07) is -1.53. The van der Waals surface area contributed by atoms with E-state index in [9.17, 15) is 23.8 Å². The molecule has 12 nitrogen and oxygen atoms in total. The number of nitrogens with two attached hydrogens (primary N) is 1. The van der Waals surface area contributed by atoms with Crippen LogP contribution in [0.2, 0.25) is 0 Å². The highest BCUT2D eigenvalue weighted by Crippen LogP contribution is 2.43. The first-order chi connectivity index (χ1) is 25.6. The molecule has 0 radical (unpaired) electrons. The molecule has 0 aliphatic carbocycles. The second kappa shape index (κ2) is 32.0. The summed E-state index contributed by atoms with van der Waals surface area (Å²) < 4.78 is 38.2. The largest absolute Gasteiger partial charge is 0.480 e. The number of allylic oxidation sites excluding steroid dienone is 5. The molecule has 1 fully saturated rings. The highest BCUT2D eigenvalue weighted by atomic mass is 31.2. The van der Waals surface area contributed by atoms with E-state index in [0.29, 0.717) is 31.5 Å². The number of epoxide rings is 1. The lowest BCUT2D eigenvalue weighted by atomic mass is 10.1. The molecule has 0 bridgehead atoms. The Morgan fingerprint density at radius 2 is 1.25 bits per heavy atom. The molecule has 306 valence electrons. The van der Waals surface area contributed by atoms with Gasteiger partial charge in [-0.1, -0.05) is 134 Å². The van der Waals surface area contributed by atoms with Gasteiger partial charge in [-0.15, -0.1) is 0 Å². The number of ether oxygens (including phenoxy) is 3. The summed E-state index contributed by atoms with van der Waals surface area (Å²) in [4.78, 5) is 45.8. The average molecular weight is 772 g/mol. The molecule has 1 saturated heterocycles. The quantitative estimate of drug-likeness (QED) is 0.0181. The molecule has 0 saturated carbocycles. The first kappa shape index (κ1) is 48.7. The van der Waals surface area contributed by atoms with E-state index in [2.05, 4.69) is 42.7 Å². The fourth-order valence-corrected chi connectivity index (χ4v) is 6.28. The number of carboxylic acid groups (broad SMARTS) is 1. The van der Waals surface area contributed by atoms with Crippen LogP contribution < -0.4 is 5.73 Å². The highest BCUT2D eigenvalue weighted by Gasteiger charge is 2.36. The average Bonchev–Trinajstić information content (AvgIpc) is 3.88. The third kappa shape index (κ3) is 29.7. The van der Waals surface area contributed by atoms with Crippen molar-refractivity contribution in [2.24, 2.45) is 5.73 Å². The molecule has 0 spiro atoms. The van der Waals surface area contributed by atoms with Gasteiger partial charge in [0.1, 0.15) is 12.6 Å². The van der Waals surface area contributed by atoms with Gasteiger partial charge in [-0.2, -0.15) is 0 Å². The third-order valence-electron chi connectivity index (χ3n) is 8.82. The van der Waals surface area contributed by atoms with E-state index in [1.165, 1.54) is 70.6 Å². The van der Waals surface area contributed by atoms with Crippen molar-refractivity contribution >= 4 is 25.7 Å². The van der Waals surface area contributed by atoms with Gasteiger partial charge in [0.05, 0.1) is 25.4 Å². The molecule has 1 aliphatic rings. The van der Waals surface area contributed by atoms with Crippen LogP contribution in [0.4, 0.5) is 0 Å². The fraction of sp³-hybridized carbons (Fsp3) is 0.775. The van der Waals surface area contributed by atoms with Crippen LogP contribution in [-0.2, 0) is 42.2 Å². The molecule has 13 heteroatoms. The third-order valence-corrected chi connectivity index (χ3v) is 9.77. The number of hydrogen-bond donors (Lipinski definition) is 3. The Bertz CT molecular complexity index is 1110. The van der Waals surface area contributed by atoms with E-state index >= 15 is 0 Å². The smallest absolute Gasteiger partial charge is 0.472 e. The molecular formula is C40H70NO11P. The van der Waals surface area contributed by atoms with Gasteiger partial charge >= 0.3 is 25.7 Å². The van der Waals surface area contributed by atoms with Crippen molar-refractivity contribution in [1.29, 1.82) is 0 Å². The predicted octanol–water partition coefficient (Wildman–Crippen LogP) is 9.04. The molecule has 3 unspecified atom stereocenters. The summed E-state index contributed by atoms with van der Waals surface area (Å²) in [6.07, 6.45) is 34.0. The Morgan fingerprint density at radius 1 is 0.698 bits per heavy atom. The van der Waals surface area contributed by atoms with Crippen molar-refractivity contribution in [2.45, 2.75) is 179 Å². The monoisotopic (exact) mass is 771 g/mol. The Labute approximate surface area is 318 Å². The predicted molar refractivity (Wildman–Crippen MR) is 207 cm³/mol. The Balaban J connectivity index is 2.35. The zero-order valence-corrected chi connectivity index (χ0v) is 33.4. The van der Waals surface area contributed by atoms with E-state index in [4.69, 9.17) is 29.6 Å². The fourth-order valence-electron chi connectivity index (χ4n) is 5.50. The van der Waals surface area contributed by atoms with E-state index in [1.54, 1.807) is 0 Å². The van der Waals surface area contributed by atoms with E-state index in [1.807, 2.05) is 12.2 Å². The minimum absolute atomic E-state index is 0.0824. The first-order valence-corrected chi connectivity index (χ1v) is 21.6. The van der Waals surface area contributed by atoms with Crippen molar-refractivity contribution in [3.05, 3.63) is 36.5 Å². The van der Waals surface area contributed by atoms with Gasteiger partial charge in [0.15, 0.2) is 6.10 Å². The number of phosphoric ester groups is 1. The van der Waals surface area contributed by atoms with Crippen LogP contribution in [0.15, 0.2) is 36.5 Å². The molecule has 0 amide bonds. The SMILES string of the molecule is CCCCCCCCCCCCCC(=O)OC[C@H](COP(=O)(O)OC[C@H](N)C(=O)O)OC(=O)CCC/C=C\C/C=C\C/C=C\CC1OC1CCCCC. The molecule has 1 rings (SSSR count). The van der Waals surface area contributed by atoms with Crippen LogP contribution in [0.5, 0.6) is 0 Å². The lowest BCUT2D eigenvalue weighted by Crippen LogP contribution is -2.34.